The Morgan fingerprint density at radius 2 is 1.84 bits per heavy atom. The van der Waals surface area contributed by atoms with Gasteiger partial charge in [-0.3, -0.25) is 4.98 Å². The van der Waals surface area contributed by atoms with Gasteiger partial charge in [-0.1, -0.05) is 12.1 Å². The maximum Gasteiger partial charge on any atom is 0.160 e. The van der Waals surface area contributed by atoms with Gasteiger partial charge in [0.15, 0.2) is 11.5 Å². The highest BCUT2D eigenvalue weighted by atomic mass is 16.5. The van der Waals surface area contributed by atoms with Gasteiger partial charge in [0, 0.05) is 5.56 Å². The van der Waals surface area contributed by atoms with E-state index in [1.807, 2.05) is 30.3 Å². The minimum Gasteiger partial charge on any atom is -0.504 e. The van der Waals surface area contributed by atoms with E-state index in [0.717, 1.165) is 22.3 Å². The molecule has 0 aliphatic rings. The monoisotopic (exact) mass is 252 g/mol. The van der Waals surface area contributed by atoms with Crippen molar-refractivity contribution in [3.63, 3.8) is 0 Å². The van der Waals surface area contributed by atoms with Gasteiger partial charge in [-0.15, -0.1) is 0 Å². The quantitative estimate of drug-likeness (QED) is 0.761. The number of hydrogen-bond acceptors (Lipinski definition) is 4. The molecule has 2 aromatic carbocycles. The molecule has 0 aliphatic carbocycles. The van der Waals surface area contributed by atoms with Crippen LogP contribution in [0.1, 0.15) is 0 Å². The van der Waals surface area contributed by atoms with E-state index in [9.17, 15) is 5.11 Å². The number of fused-ring (bicyclic) bond motifs is 1. The molecule has 1 N–H and O–H groups in total. The molecule has 4 heteroatoms. The molecule has 0 atom stereocenters. The van der Waals surface area contributed by atoms with Crippen molar-refractivity contribution in [1.82, 2.24) is 9.97 Å². The van der Waals surface area contributed by atoms with Crippen LogP contribution in [0.25, 0.3) is 22.3 Å². The summed E-state index contributed by atoms with van der Waals surface area (Å²) in [5.41, 5.74) is 3.20. The molecule has 0 fully saturated rings. The van der Waals surface area contributed by atoms with Gasteiger partial charge in [-0.2, -0.15) is 0 Å². The van der Waals surface area contributed by atoms with Gasteiger partial charge >= 0.3 is 0 Å². The van der Waals surface area contributed by atoms with E-state index in [2.05, 4.69) is 9.97 Å². The normalized spacial score (nSPS) is 10.6. The summed E-state index contributed by atoms with van der Waals surface area (Å²) in [5.74, 6) is 0.535. The Morgan fingerprint density at radius 1 is 1.05 bits per heavy atom. The fourth-order valence-electron chi connectivity index (χ4n) is 1.95. The molecule has 0 spiro atoms. The van der Waals surface area contributed by atoms with Gasteiger partial charge in [0.25, 0.3) is 0 Å². The average molecular weight is 252 g/mol. The zero-order valence-electron chi connectivity index (χ0n) is 10.4. The van der Waals surface area contributed by atoms with Crippen LogP contribution in [-0.2, 0) is 0 Å². The Morgan fingerprint density at radius 3 is 2.58 bits per heavy atom. The largest absolute Gasteiger partial charge is 0.504 e. The number of benzene rings is 2. The number of ether oxygens (including phenoxy) is 1. The molecule has 0 aliphatic heterocycles. The third-order valence-electron chi connectivity index (χ3n) is 2.92. The lowest BCUT2D eigenvalue weighted by Crippen LogP contribution is -1.89. The second kappa shape index (κ2) is 4.57. The number of aromatic nitrogens is 2. The second-order valence-electron chi connectivity index (χ2n) is 4.13. The van der Waals surface area contributed by atoms with Crippen molar-refractivity contribution in [3.05, 3.63) is 48.7 Å². The molecular weight excluding hydrogens is 240 g/mol. The number of rotatable bonds is 2. The molecule has 1 heterocycles. The topological polar surface area (TPSA) is 55.2 Å². The Labute approximate surface area is 110 Å². The number of para-hydroxylation sites is 2. The van der Waals surface area contributed by atoms with Crippen molar-refractivity contribution in [2.24, 2.45) is 0 Å². The molecule has 0 saturated heterocycles. The van der Waals surface area contributed by atoms with E-state index >= 15 is 0 Å². The predicted octanol–water partition coefficient (Wildman–Crippen LogP) is 3.01. The van der Waals surface area contributed by atoms with Crippen LogP contribution in [0.4, 0.5) is 0 Å². The molecule has 94 valence electrons. The number of methoxy groups -OCH3 is 1. The maximum absolute atomic E-state index is 9.79. The van der Waals surface area contributed by atoms with Crippen molar-refractivity contribution in [2.75, 3.05) is 7.11 Å². The Bertz CT molecular complexity index is 741. The molecular formula is C15H12N2O2. The fourth-order valence-corrected chi connectivity index (χ4v) is 1.95. The van der Waals surface area contributed by atoms with Crippen molar-refractivity contribution in [1.29, 1.82) is 0 Å². The van der Waals surface area contributed by atoms with Crippen LogP contribution < -0.4 is 4.74 Å². The van der Waals surface area contributed by atoms with Crippen LogP contribution in [0.15, 0.2) is 48.7 Å². The third kappa shape index (κ3) is 2.08. The van der Waals surface area contributed by atoms with Gasteiger partial charge in [0.05, 0.1) is 30.0 Å². The van der Waals surface area contributed by atoms with Gasteiger partial charge < -0.3 is 9.84 Å². The summed E-state index contributed by atoms with van der Waals surface area (Å²) < 4.78 is 5.02. The van der Waals surface area contributed by atoms with Crippen molar-refractivity contribution < 1.29 is 9.84 Å². The lowest BCUT2D eigenvalue weighted by Gasteiger charge is -2.06. The van der Waals surface area contributed by atoms with Crippen molar-refractivity contribution >= 4 is 11.0 Å². The van der Waals surface area contributed by atoms with Gasteiger partial charge in [0.2, 0.25) is 0 Å². The SMILES string of the molecule is COc1ccc(-c2cnc3ccccc3n2)cc1O. The summed E-state index contributed by atoms with van der Waals surface area (Å²) in [6.07, 6.45) is 1.70. The van der Waals surface area contributed by atoms with Crippen LogP contribution in [0.2, 0.25) is 0 Å². The zero-order valence-corrected chi connectivity index (χ0v) is 10.4. The van der Waals surface area contributed by atoms with Crippen molar-refractivity contribution in [3.8, 4) is 22.8 Å². The Kier molecular flexibility index (Phi) is 2.76. The van der Waals surface area contributed by atoms with Crippen LogP contribution in [-0.4, -0.2) is 22.2 Å². The van der Waals surface area contributed by atoms with Gasteiger partial charge in [-0.05, 0) is 30.3 Å². The summed E-state index contributed by atoms with van der Waals surface area (Å²) >= 11 is 0. The first-order chi connectivity index (χ1) is 9.28. The molecule has 4 nitrogen and oxygen atoms in total. The molecule has 0 saturated carbocycles. The Hall–Kier alpha value is -2.62. The van der Waals surface area contributed by atoms with E-state index < -0.39 is 0 Å². The molecule has 0 bridgehead atoms. The summed E-state index contributed by atoms with van der Waals surface area (Å²) in [6, 6.07) is 12.9. The highest BCUT2D eigenvalue weighted by Gasteiger charge is 2.06. The average Bonchev–Trinajstić information content (AvgIpc) is 2.46. The first-order valence-electron chi connectivity index (χ1n) is 5.87. The number of phenols is 1. The first-order valence-corrected chi connectivity index (χ1v) is 5.87. The van der Waals surface area contributed by atoms with Crippen LogP contribution >= 0.6 is 0 Å². The highest BCUT2D eigenvalue weighted by Crippen LogP contribution is 2.30. The molecule has 3 aromatic rings. The number of hydrogen-bond donors (Lipinski definition) is 1. The smallest absolute Gasteiger partial charge is 0.160 e. The molecule has 0 amide bonds. The molecule has 3 rings (SSSR count). The number of phenolic OH excluding ortho intramolecular Hbond substituents is 1. The molecule has 19 heavy (non-hydrogen) atoms. The summed E-state index contributed by atoms with van der Waals surface area (Å²) in [5, 5.41) is 9.79. The molecule has 1 aromatic heterocycles. The van der Waals surface area contributed by atoms with Crippen LogP contribution in [0.3, 0.4) is 0 Å². The van der Waals surface area contributed by atoms with Crippen LogP contribution in [0, 0.1) is 0 Å². The van der Waals surface area contributed by atoms with E-state index in [0.29, 0.717) is 5.75 Å². The standard InChI is InChI=1S/C15H12N2O2/c1-19-15-7-6-10(8-14(15)18)13-9-16-11-4-2-3-5-12(11)17-13/h2-9,18H,1H3. The number of nitrogens with zero attached hydrogens (tertiary/aromatic N) is 2. The van der Waals surface area contributed by atoms with E-state index in [-0.39, 0.29) is 5.75 Å². The minimum atomic E-state index is 0.0926. The third-order valence-corrected chi connectivity index (χ3v) is 2.92. The minimum absolute atomic E-state index is 0.0926. The lowest BCUT2D eigenvalue weighted by molar-refractivity contribution is 0.373. The zero-order chi connectivity index (χ0) is 13.2. The summed E-state index contributed by atoms with van der Waals surface area (Å²) in [4.78, 5) is 8.88. The number of aromatic hydroxyl groups is 1. The first kappa shape index (κ1) is 11.5. The van der Waals surface area contributed by atoms with Gasteiger partial charge in [-0.25, -0.2) is 4.98 Å². The Balaban J connectivity index is 2.11. The van der Waals surface area contributed by atoms with E-state index in [1.165, 1.54) is 7.11 Å². The molecule has 0 radical (unpaired) electrons. The fraction of sp³-hybridized carbons (Fsp3) is 0.0667. The summed E-state index contributed by atoms with van der Waals surface area (Å²) in [7, 11) is 1.52. The van der Waals surface area contributed by atoms with Gasteiger partial charge in [0.1, 0.15) is 0 Å². The summed E-state index contributed by atoms with van der Waals surface area (Å²) in [6.45, 7) is 0. The van der Waals surface area contributed by atoms with E-state index in [1.54, 1.807) is 18.3 Å². The molecule has 0 unspecified atom stereocenters. The van der Waals surface area contributed by atoms with Crippen LogP contribution in [0.5, 0.6) is 11.5 Å². The lowest BCUT2D eigenvalue weighted by atomic mass is 10.1. The predicted molar refractivity (Wildman–Crippen MR) is 73.2 cm³/mol. The van der Waals surface area contributed by atoms with Crippen molar-refractivity contribution in [2.45, 2.75) is 0 Å². The second-order valence-corrected chi connectivity index (χ2v) is 4.13. The highest BCUT2D eigenvalue weighted by molar-refractivity contribution is 5.77. The maximum atomic E-state index is 9.79. The van der Waals surface area contributed by atoms with E-state index in [4.69, 9.17) is 4.74 Å².